The fourth-order valence-corrected chi connectivity index (χ4v) is 2.42. The molecule has 0 aliphatic heterocycles. The molecule has 0 fully saturated rings. The molecule has 2 N–H and O–H groups in total. The molecule has 2 heterocycles. The number of amides is 3. The first-order valence-corrected chi connectivity index (χ1v) is 8.16. The number of benzene rings is 1. The molecule has 9 nitrogen and oxygen atoms in total. The second kappa shape index (κ2) is 7.60. The molecule has 0 bridgehead atoms. The molecule has 3 rings (SSSR count). The van der Waals surface area contributed by atoms with E-state index in [1.807, 2.05) is 37.3 Å². The Labute approximate surface area is 148 Å². The van der Waals surface area contributed by atoms with E-state index in [9.17, 15) is 14.4 Å². The van der Waals surface area contributed by atoms with Crippen LogP contribution in [-0.4, -0.2) is 37.8 Å². The predicted molar refractivity (Wildman–Crippen MR) is 95.0 cm³/mol. The van der Waals surface area contributed by atoms with Crippen LogP contribution in [0.2, 0.25) is 0 Å². The minimum absolute atomic E-state index is 0.291. The zero-order chi connectivity index (χ0) is 18.5. The maximum atomic E-state index is 12.6. The lowest BCUT2D eigenvalue weighted by atomic mass is 10.3. The number of imide groups is 1. The van der Waals surface area contributed by atoms with E-state index in [1.54, 1.807) is 4.68 Å². The molecular formula is C17H18N6O3. The van der Waals surface area contributed by atoms with Gasteiger partial charge in [0.05, 0.1) is 11.9 Å². The highest BCUT2D eigenvalue weighted by Gasteiger charge is 2.14. The number of hydrogen-bond donors (Lipinski definition) is 2. The Balaban J connectivity index is 1.81. The van der Waals surface area contributed by atoms with E-state index in [2.05, 4.69) is 20.7 Å². The molecule has 0 unspecified atom stereocenters. The van der Waals surface area contributed by atoms with Crippen LogP contribution < -0.4 is 16.2 Å². The zero-order valence-electron chi connectivity index (χ0n) is 14.2. The summed E-state index contributed by atoms with van der Waals surface area (Å²) in [7, 11) is 0. The first kappa shape index (κ1) is 17.3. The van der Waals surface area contributed by atoms with Crippen molar-refractivity contribution in [3.8, 4) is 5.69 Å². The number of urea groups is 1. The van der Waals surface area contributed by atoms with E-state index in [0.717, 1.165) is 16.7 Å². The molecule has 134 valence electrons. The Morgan fingerprint density at radius 1 is 1.19 bits per heavy atom. The predicted octanol–water partition coefficient (Wildman–Crippen LogP) is 0.818. The Hall–Kier alpha value is -3.49. The molecule has 9 heteroatoms. The van der Waals surface area contributed by atoms with E-state index < -0.39 is 17.5 Å². The lowest BCUT2D eigenvalue weighted by Crippen LogP contribution is -2.42. The van der Waals surface area contributed by atoms with Crippen molar-refractivity contribution < 1.29 is 9.59 Å². The average molecular weight is 354 g/mol. The summed E-state index contributed by atoms with van der Waals surface area (Å²) in [6.07, 6.45) is 3.45. The zero-order valence-corrected chi connectivity index (χ0v) is 14.2. The van der Waals surface area contributed by atoms with Gasteiger partial charge in [0.25, 0.3) is 5.56 Å². The molecular weight excluding hydrogens is 336 g/mol. The fourth-order valence-electron chi connectivity index (χ4n) is 2.42. The number of fused-ring (bicyclic) bond motifs is 1. The SMILES string of the molecule is CCCNC(=O)NC(=O)Cn1cnc2c(cnn2-c2ccccc2)c1=O. The van der Waals surface area contributed by atoms with Crippen molar-refractivity contribution in [3.05, 3.63) is 53.2 Å². The molecule has 3 amide bonds. The molecule has 0 saturated carbocycles. The second-order valence-electron chi connectivity index (χ2n) is 5.61. The van der Waals surface area contributed by atoms with Crippen LogP contribution in [0, 0.1) is 0 Å². The van der Waals surface area contributed by atoms with Gasteiger partial charge in [0.15, 0.2) is 5.65 Å². The third kappa shape index (κ3) is 3.61. The maximum absolute atomic E-state index is 12.6. The average Bonchev–Trinajstić information content (AvgIpc) is 3.08. The van der Waals surface area contributed by atoms with E-state index in [1.165, 1.54) is 12.5 Å². The molecule has 26 heavy (non-hydrogen) atoms. The molecule has 0 radical (unpaired) electrons. The van der Waals surface area contributed by atoms with Crippen LogP contribution in [0.25, 0.3) is 16.7 Å². The smallest absolute Gasteiger partial charge is 0.321 e. The number of carbonyl (C=O) groups is 2. The van der Waals surface area contributed by atoms with Gasteiger partial charge in [0.2, 0.25) is 5.91 Å². The molecule has 3 aromatic rings. The summed E-state index contributed by atoms with van der Waals surface area (Å²) in [5.41, 5.74) is 0.775. The lowest BCUT2D eigenvalue weighted by molar-refractivity contribution is -0.120. The second-order valence-corrected chi connectivity index (χ2v) is 5.61. The van der Waals surface area contributed by atoms with E-state index in [4.69, 9.17) is 0 Å². The standard InChI is InChI=1S/C17H18N6O3/c1-2-8-18-17(26)21-14(24)10-22-11-19-15-13(16(22)25)9-20-23(15)12-6-4-3-5-7-12/h3-7,9,11H,2,8,10H2,1H3,(H2,18,21,24,26). The minimum Gasteiger partial charge on any atom is -0.338 e. The minimum atomic E-state index is -0.600. The monoisotopic (exact) mass is 354 g/mol. The Kier molecular flexibility index (Phi) is 5.07. The van der Waals surface area contributed by atoms with E-state index >= 15 is 0 Å². The van der Waals surface area contributed by atoms with Crippen molar-refractivity contribution >= 4 is 23.0 Å². The lowest BCUT2D eigenvalue weighted by Gasteiger charge is -2.07. The van der Waals surface area contributed by atoms with Crippen molar-refractivity contribution in [2.24, 2.45) is 0 Å². The van der Waals surface area contributed by atoms with Crippen LogP contribution in [0.4, 0.5) is 4.79 Å². The highest BCUT2D eigenvalue weighted by Crippen LogP contribution is 2.12. The van der Waals surface area contributed by atoms with Gasteiger partial charge >= 0.3 is 6.03 Å². The van der Waals surface area contributed by atoms with Crippen molar-refractivity contribution in [2.75, 3.05) is 6.54 Å². The first-order chi connectivity index (χ1) is 12.6. The fraction of sp³-hybridized carbons (Fsp3) is 0.235. The summed E-state index contributed by atoms with van der Waals surface area (Å²) in [6, 6.07) is 8.71. The van der Waals surface area contributed by atoms with Crippen LogP contribution in [0.15, 0.2) is 47.7 Å². The highest BCUT2D eigenvalue weighted by atomic mass is 16.2. The van der Waals surface area contributed by atoms with Crippen molar-refractivity contribution in [3.63, 3.8) is 0 Å². The van der Waals surface area contributed by atoms with Crippen LogP contribution in [0.5, 0.6) is 0 Å². The molecule has 0 spiro atoms. The van der Waals surface area contributed by atoms with E-state index in [0.29, 0.717) is 17.6 Å². The quantitative estimate of drug-likeness (QED) is 0.705. The summed E-state index contributed by atoms with van der Waals surface area (Å²) in [6.45, 7) is 2.06. The van der Waals surface area contributed by atoms with Gasteiger partial charge in [-0.1, -0.05) is 25.1 Å². The van der Waals surface area contributed by atoms with Gasteiger partial charge in [-0.25, -0.2) is 14.5 Å². The van der Waals surface area contributed by atoms with Gasteiger partial charge in [-0.15, -0.1) is 0 Å². The maximum Gasteiger partial charge on any atom is 0.321 e. The number of aromatic nitrogens is 4. The number of nitrogens with zero attached hydrogens (tertiary/aromatic N) is 4. The van der Waals surface area contributed by atoms with Crippen LogP contribution >= 0.6 is 0 Å². The summed E-state index contributed by atoms with van der Waals surface area (Å²) in [5, 5.41) is 9.20. The first-order valence-electron chi connectivity index (χ1n) is 8.16. The number of nitrogens with one attached hydrogen (secondary N) is 2. The van der Waals surface area contributed by atoms with Crippen molar-refractivity contribution in [1.29, 1.82) is 0 Å². The summed E-state index contributed by atoms with van der Waals surface area (Å²) in [5.74, 6) is -0.600. The van der Waals surface area contributed by atoms with Gasteiger partial charge in [0.1, 0.15) is 18.3 Å². The molecule has 1 aromatic carbocycles. The molecule has 0 aliphatic rings. The Morgan fingerprint density at radius 2 is 1.96 bits per heavy atom. The molecule has 0 saturated heterocycles. The third-order valence-corrected chi connectivity index (χ3v) is 3.66. The van der Waals surface area contributed by atoms with Crippen molar-refractivity contribution in [1.82, 2.24) is 30.0 Å². The van der Waals surface area contributed by atoms with Gasteiger partial charge in [-0.05, 0) is 18.6 Å². The highest BCUT2D eigenvalue weighted by molar-refractivity contribution is 5.94. The normalized spacial score (nSPS) is 10.7. The largest absolute Gasteiger partial charge is 0.338 e. The van der Waals surface area contributed by atoms with Crippen molar-refractivity contribution in [2.45, 2.75) is 19.9 Å². The van der Waals surface area contributed by atoms with Gasteiger partial charge in [0, 0.05) is 6.54 Å². The number of carbonyl (C=O) groups excluding carboxylic acids is 2. The topological polar surface area (TPSA) is 111 Å². The van der Waals surface area contributed by atoms with Crippen LogP contribution in [0.1, 0.15) is 13.3 Å². The Bertz CT molecular complexity index is 993. The molecule has 0 aliphatic carbocycles. The number of rotatable bonds is 5. The summed E-state index contributed by atoms with van der Waals surface area (Å²) < 4.78 is 2.70. The molecule has 0 atom stereocenters. The Morgan fingerprint density at radius 3 is 2.69 bits per heavy atom. The van der Waals surface area contributed by atoms with Gasteiger partial charge in [-0.3, -0.25) is 19.5 Å². The van der Waals surface area contributed by atoms with Crippen LogP contribution in [-0.2, 0) is 11.3 Å². The van der Waals surface area contributed by atoms with Gasteiger partial charge < -0.3 is 5.32 Å². The third-order valence-electron chi connectivity index (χ3n) is 3.66. The number of hydrogen-bond acceptors (Lipinski definition) is 5. The summed E-state index contributed by atoms with van der Waals surface area (Å²) in [4.78, 5) is 40.2. The van der Waals surface area contributed by atoms with Crippen LogP contribution in [0.3, 0.4) is 0 Å². The molecule has 2 aromatic heterocycles. The van der Waals surface area contributed by atoms with E-state index in [-0.39, 0.29) is 6.54 Å². The number of para-hydroxylation sites is 1. The van der Waals surface area contributed by atoms with Gasteiger partial charge in [-0.2, -0.15) is 5.10 Å². The summed E-state index contributed by atoms with van der Waals surface area (Å²) >= 11 is 0.